The molecule has 25 heavy (non-hydrogen) atoms. The number of hydrogen-bond acceptors (Lipinski definition) is 8. The second-order valence-electron chi connectivity index (χ2n) is 4.66. The molecule has 0 saturated heterocycles. The molecule has 0 aliphatic carbocycles. The fourth-order valence-corrected chi connectivity index (χ4v) is 1.73. The molecule has 1 aromatic carbocycles. The highest BCUT2D eigenvalue weighted by molar-refractivity contribution is 5.84. The summed E-state index contributed by atoms with van der Waals surface area (Å²) >= 11 is 0. The second-order valence-corrected chi connectivity index (χ2v) is 4.66. The molecule has 0 spiro atoms. The number of nitrogens with one attached hydrogen (secondary N) is 4. The summed E-state index contributed by atoms with van der Waals surface area (Å²) in [5, 5.41) is 21.3. The average molecular weight is 348 g/mol. The van der Waals surface area contributed by atoms with Gasteiger partial charge < -0.3 is 15.2 Å². The summed E-state index contributed by atoms with van der Waals surface area (Å²) in [4.78, 5) is 35.8. The van der Waals surface area contributed by atoms with Crippen LogP contribution in [-0.4, -0.2) is 45.6 Å². The summed E-state index contributed by atoms with van der Waals surface area (Å²) in [5.74, 6) is -0.417. The van der Waals surface area contributed by atoms with E-state index in [-0.39, 0.29) is 18.1 Å². The number of rotatable bonds is 7. The van der Waals surface area contributed by atoms with Crippen LogP contribution in [0.2, 0.25) is 0 Å². The van der Waals surface area contributed by atoms with Crippen LogP contribution in [-0.2, 0) is 4.79 Å². The summed E-state index contributed by atoms with van der Waals surface area (Å²) in [5.41, 5.74) is 1.37. The molecule has 0 radical (unpaired) electrons. The molecule has 0 aliphatic rings. The van der Waals surface area contributed by atoms with E-state index in [2.05, 4.69) is 20.9 Å². The van der Waals surface area contributed by atoms with Crippen molar-refractivity contribution in [3.05, 3.63) is 44.6 Å². The van der Waals surface area contributed by atoms with Gasteiger partial charge in [0.1, 0.15) is 0 Å². The van der Waals surface area contributed by atoms with Gasteiger partial charge in [0.05, 0.1) is 19.4 Å². The lowest BCUT2D eigenvalue weighted by Crippen LogP contribution is -2.31. The lowest BCUT2D eigenvalue weighted by atomic mass is 10.2. The molecule has 1 heterocycles. The highest BCUT2D eigenvalue weighted by atomic mass is 16.5. The maximum absolute atomic E-state index is 11.6. The lowest BCUT2D eigenvalue weighted by Gasteiger charge is -2.06. The number of aromatic hydroxyl groups is 1. The molecule has 1 amide bonds. The minimum atomic E-state index is -0.745. The highest BCUT2D eigenvalue weighted by Gasteiger charge is 2.05. The van der Waals surface area contributed by atoms with Crippen molar-refractivity contribution in [3.63, 3.8) is 0 Å². The first-order chi connectivity index (χ1) is 12.0. The van der Waals surface area contributed by atoms with Gasteiger partial charge in [-0.1, -0.05) is 0 Å². The number of hydrazone groups is 1. The molecule has 0 saturated carbocycles. The molecule has 0 unspecified atom stereocenters. The Balaban J connectivity index is 1.89. The smallest absolute Gasteiger partial charge is 0.342 e. The molecule has 2 aromatic rings. The maximum Gasteiger partial charge on any atom is 0.342 e. The molecule has 5 N–H and O–H groups in total. The third-order valence-corrected chi connectivity index (χ3v) is 2.81. The molecular formula is C14H16N6O5. The molecule has 11 nitrogen and oxygen atoms in total. The Hall–Kier alpha value is -3.63. The van der Waals surface area contributed by atoms with E-state index in [9.17, 15) is 19.5 Å². The molecule has 0 fully saturated rings. The van der Waals surface area contributed by atoms with E-state index in [0.717, 1.165) is 0 Å². The van der Waals surface area contributed by atoms with Crippen molar-refractivity contribution in [2.24, 2.45) is 5.10 Å². The molecule has 132 valence electrons. The van der Waals surface area contributed by atoms with Crippen LogP contribution in [0.1, 0.15) is 12.5 Å². The van der Waals surface area contributed by atoms with Crippen molar-refractivity contribution in [1.29, 1.82) is 0 Å². The summed E-state index contributed by atoms with van der Waals surface area (Å²) in [7, 11) is 0. The van der Waals surface area contributed by atoms with E-state index in [1.165, 1.54) is 12.3 Å². The summed E-state index contributed by atoms with van der Waals surface area (Å²) in [6.07, 6.45) is 1.37. The number of ether oxygens (including phenoxy) is 1. The molecule has 2 rings (SSSR count). The number of phenolic OH excluding ortho intramolecular Hbond substituents is 1. The van der Waals surface area contributed by atoms with Crippen LogP contribution in [0.5, 0.6) is 11.5 Å². The van der Waals surface area contributed by atoms with Crippen LogP contribution in [0.15, 0.2) is 32.9 Å². The molecule has 0 bridgehead atoms. The number of aromatic nitrogens is 3. The molecule has 0 aliphatic heterocycles. The molecular weight excluding hydrogens is 332 g/mol. The number of carbonyl (C=O) groups excluding carboxylic acids is 1. The SMILES string of the molecule is CCOc1cc(C=NNC(=O)CNc2n[nH]c(=O)[nH]c2=O)ccc1O. The number of carbonyl (C=O) groups is 1. The van der Waals surface area contributed by atoms with Crippen LogP contribution in [0, 0.1) is 0 Å². The van der Waals surface area contributed by atoms with Gasteiger partial charge in [-0.25, -0.2) is 15.3 Å². The molecule has 11 heteroatoms. The first-order valence-corrected chi connectivity index (χ1v) is 7.20. The van der Waals surface area contributed by atoms with E-state index in [1.54, 1.807) is 19.1 Å². The third kappa shape index (κ3) is 5.20. The zero-order valence-electron chi connectivity index (χ0n) is 13.2. The van der Waals surface area contributed by atoms with E-state index in [1.807, 2.05) is 10.1 Å². The number of benzene rings is 1. The van der Waals surface area contributed by atoms with Gasteiger partial charge >= 0.3 is 5.69 Å². The van der Waals surface area contributed by atoms with Gasteiger partial charge in [-0.2, -0.15) is 5.10 Å². The Morgan fingerprint density at radius 3 is 2.96 bits per heavy atom. The standard InChI is InChI=1S/C14H16N6O5/c1-2-25-10-5-8(3-4-9(10)21)6-16-18-11(22)7-15-12-13(23)17-14(24)20-19-12/h3-6,21H,2,7H2,1H3,(H,15,19)(H,18,22)(H2,17,20,23,24). The van der Waals surface area contributed by atoms with Crippen LogP contribution >= 0.6 is 0 Å². The Kier molecular flexibility index (Phi) is 5.87. The van der Waals surface area contributed by atoms with Crippen molar-refractivity contribution in [2.45, 2.75) is 6.92 Å². The van der Waals surface area contributed by atoms with Gasteiger partial charge in [0, 0.05) is 0 Å². The van der Waals surface area contributed by atoms with Gasteiger partial charge in [0.25, 0.3) is 11.5 Å². The number of aromatic amines is 2. The minimum absolute atomic E-state index is 0.00543. The van der Waals surface area contributed by atoms with Crippen LogP contribution < -0.4 is 26.7 Å². The Bertz CT molecular complexity index is 888. The predicted octanol–water partition coefficient (Wildman–Crippen LogP) is -0.875. The molecule has 1 aromatic heterocycles. The fraction of sp³-hybridized carbons (Fsp3) is 0.214. The first-order valence-electron chi connectivity index (χ1n) is 7.20. The van der Waals surface area contributed by atoms with E-state index >= 15 is 0 Å². The zero-order valence-corrected chi connectivity index (χ0v) is 13.2. The zero-order chi connectivity index (χ0) is 18.2. The van der Waals surface area contributed by atoms with Crippen LogP contribution in [0.3, 0.4) is 0 Å². The van der Waals surface area contributed by atoms with Crippen molar-refractivity contribution in [2.75, 3.05) is 18.5 Å². The third-order valence-electron chi connectivity index (χ3n) is 2.81. The number of phenols is 1. The lowest BCUT2D eigenvalue weighted by molar-refractivity contribution is -0.119. The van der Waals surface area contributed by atoms with E-state index in [0.29, 0.717) is 17.9 Å². The Morgan fingerprint density at radius 1 is 1.44 bits per heavy atom. The van der Waals surface area contributed by atoms with E-state index < -0.39 is 17.2 Å². The Labute approximate surface area is 140 Å². The quantitative estimate of drug-likeness (QED) is 0.321. The van der Waals surface area contributed by atoms with Gasteiger partial charge in [0.15, 0.2) is 11.5 Å². The largest absolute Gasteiger partial charge is 0.504 e. The van der Waals surface area contributed by atoms with Crippen molar-refractivity contribution < 1.29 is 14.6 Å². The Morgan fingerprint density at radius 2 is 2.24 bits per heavy atom. The predicted molar refractivity (Wildman–Crippen MR) is 89.0 cm³/mol. The molecule has 0 atom stereocenters. The van der Waals surface area contributed by atoms with Gasteiger partial charge in [-0.15, -0.1) is 5.10 Å². The van der Waals surface area contributed by atoms with Gasteiger partial charge in [0.2, 0.25) is 5.82 Å². The number of nitrogens with zero attached hydrogens (tertiary/aromatic N) is 2. The van der Waals surface area contributed by atoms with Crippen molar-refractivity contribution in [3.8, 4) is 11.5 Å². The monoisotopic (exact) mass is 348 g/mol. The maximum atomic E-state index is 11.6. The number of H-pyrrole nitrogens is 2. The van der Waals surface area contributed by atoms with Crippen LogP contribution in [0.25, 0.3) is 0 Å². The van der Waals surface area contributed by atoms with Gasteiger partial charge in [-0.05, 0) is 30.7 Å². The fourth-order valence-electron chi connectivity index (χ4n) is 1.73. The number of anilines is 1. The number of amides is 1. The first kappa shape index (κ1) is 17.7. The number of hydrogen-bond donors (Lipinski definition) is 5. The highest BCUT2D eigenvalue weighted by Crippen LogP contribution is 2.26. The minimum Gasteiger partial charge on any atom is -0.504 e. The average Bonchev–Trinajstić information content (AvgIpc) is 2.57. The van der Waals surface area contributed by atoms with Crippen LogP contribution in [0.4, 0.5) is 5.82 Å². The van der Waals surface area contributed by atoms with Crippen molar-refractivity contribution >= 4 is 17.9 Å². The van der Waals surface area contributed by atoms with Crippen molar-refractivity contribution in [1.82, 2.24) is 20.6 Å². The van der Waals surface area contributed by atoms with Gasteiger partial charge in [-0.3, -0.25) is 14.6 Å². The topological polar surface area (TPSA) is 162 Å². The normalized spacial score (nSPS) is 10.6. The summed E-state index contributed by atoms with van der Waals surface area (Å²) < 4.78 is 5.24. The summed E-state index contributed by atoms with van der Waals surface area (Å²) in [6.45, 7) is 1.91. The van der Waals surface area contributed by atoms with E-state index in [4.69, 9.17) is 4.74 Å². The second kappa shape index (κ2) is 8.29. The summed E-state index contributed by atoms with van der Waals surface area (Å²) in [6, 6.07) is 4.61.